The minimum atomic E-state index is -3.06. The summed E-state index contributed by atoms with van der Waals surface area (Å²) >= 11 is 0. The maximum Gasteiger partial charge on any atom is 0.388 e. The summed E-state index contributed by atoms with van der Waals surface area (Å²) in [5.41, 5.74) is 2.40. The summed E-state index contributed by atoms with van der Waals surface area (Å²) in [4.78, 5) is 19.5. The summed E-state index contributed by atoms with van der Waals surface area (Å²) in [5.74, 6) is 0.714. The molecule has 1 saturated carbocycles. The van der Waals surface area contributed by atoms with Gasteiger partial charge in [0.1, 0.15) is 5.69 Å². The third-order valence-electron chi connectivity index (χ3n) is 6.27. The van der Waals surface area contributed by atoms with Gasteiger partial charge in [0.05, 0.1) is 0 Å². The molecule has 0 atom stereocenters. The maximum absolute atomic E-state index is 13.7. The van der Waals surface area contributed by atoms with Crippen molar-refractivity contribution in [1.29, 1.82) is 0 Å². The van der Waals surface area contributed by atoms with Crippen LogP contribution in [0.1, 0.15) is 68.4 Å². The molecule has 3 aromatic rings. The van der Waals surface area contributed by atoms with Crippen LogP contribution in [0.2, 0.25) is 0 Å². The molecule has 2 heterocycles. The topological polar surface area (TPSA) is 109 Å². The molecule has 35 heavy (non-hydrogen) atoms. The molecule has 11 heteroatoms. The van der Waals surface area contributed by atoms with Gasteiger partial charge in [-0.3, -0.25) is 4.90 Å². The number of ether oxygens (including phenoxy) is 1. The van der Waals surface area contributed by atoms with Crippen LogP contribution in [-0.4, -0.2) is 44.3 Å². The third-order valence-corrected chi connectivity index (χ3v) is 6.27. The lowest BCUT2D eigenvalue weighted by Crippen LogP contribution is -2.45. The molecule has 0 saturated heterocycles. The number of anilines is 2. The Labute approximate surface area is 202 Å². The predicted molar refractivity (Wildman–Crippen MR) is 127 cm³/mol. The molecule has 0 aliphatic heterocycles. The molecular formula is C24H29F2N7O2. The van der Waals surface area contributed by atoms with Crippen LogP contribution >= 0.6 is 0 Å². The van der Waals surface area contributed by atoms with Crippen molar-refractivity contribution in [2.75, 3.05) is 10.2 Å². The second-order valence-electron chi connectivity index (χ2n) is 8.97. The number of halogens is 2. The van der Waals surface area contributed by atoms with Gasteiger partial charge in [-0.1, -0.05) is 37.3 Å². The highest BCUT2D eigenvalue weighted by molar-refractivity contribution is 6.03. The number of hydrogen-bond acceptors (Lipinski definition) is 6. The van der Waals surface area contributed by atoms with Crippen LogP contribution < -0.4 is 15.0 Å². The number of H-pyrrole nitrogens is 1. The van der Waals surface area contributed by atoms with E-state index in [1.165, 1.54) is 6.07 Å². The number of hydrogen-bond donors (Lipinski definition) is 2. The first kappa shape index (κ1) is 24.5. The van der Waals surface area contributed by atoms with Gasteiger partial charge in [0.25, 0.3) is 0 Å². The smallest absolute Gasteiger partial charge is 0.388 e. The van der Waals surface area contributed by atoms with E-state index in [1.807, 2.05) is 24.3 Å². The normalized spacial score (nSPS) is 18.0. The van der Waals surface area contributed by atoms with Gasteiger partial charge in [-0.05, 0) is 62.3 Å². The number of aromatic nitrogens is 5. The van der Waals surface area contributed by atoms with Crippen molar-refractivity contribution in [1.82, 2.24) is 25.6 Å². The number of carbonyl (C=O) groups is 1. The highest BCUT2D eigenvalue weighted by atomic mass is 19.3. The number of benzene rings is 1. The van der Waals surface area contributed by atoms with Gasteiger partial charge in [-0.25, -0.2) is 9.78 Å². The van der Waals surface area contributed by atoms with E-state index in [2.05, 4.69) is 49.5 Å². The van der Waals surface area contributed by atoms with E-state index in [1.54, 1.807) is 17.9 Å². The molecule has 1 fully saturated rings. The first-order chi connectivity index (χ1) is 16.8. The Kier molecular flexibility index (Phi) is 7.52. The van der Waals surface area contributed by atoms with Crippen LogP contribution in [0.5, 0.6) is 5.88 Å². The SMILES string of the molecule is Cc1ccc(NC(=O)N(c2ccccc2C(C)C)C2CCC(c3nn[nH]n3)CC2)c(OC(F)F)n1. The Hall–Kier alpha value is -3.63. The number of nitrogens with zero attached hydrogens (tertiary/aromatic N) is 5. The van der Waals surface area contributed by atoms with E-state index in [4.69, 9.17) is 0 Å². The molecule has 4 rings (SSSR count). The zero-order chi connectivity index (χ0) is 24.9. The Morgan fingerprint density at radius 3 is 2.54 bits per heavy atom. The number of aryl methyl sites for hydroxylation is 1. The van der Waals surface area contributed by atoms with Crippen molar-refractivity contribution in [3.63, 3.8) is 0 Å². The van der Waals surface area contributed by atoms with Gasteiger partial charge >= 0.3 is 12.6 Å². The van der Waals surface area contributed by atoms with Crippen LogP contribution in [0.3, 0.4) is 0 Å². The Balaban J connectivity index is 1.63. The average molecular weight is 486 g/mol. The first-order valence-electron chi connectivity index (χ1n) is 11.7. The minimum Gasteiger partial charge on any atom is -0.415 e. The Morgan fingerprint density at radius 2 is 1.89 bits per heavy atom. The Bertz CT molecular complexity index is 1130. The van der Waals surface area contributed by atoms with Crippen LogP contribution in [0.25, 0.3) is 0 Å². The number of alkyl halides is 2. The number of carbonyl (C=O) groups excluding carboxylic acids is 1. The van der Waals surface area contributed by atoms with Crippen LogP contribution in [-0.2, 0) is 0 Å². The van der Waals surface area contributed by atoms with E-state index in [9.17, 15) is 13.6 Å². The lowest BCUT2D eigenvalue weighted by Gasteiger charge is -2.37. The first-order valence-corrected chi connectivity index (χ1v) is 11.7. The van der Waals surface area contributed by atoms with Gasteiger partial charge in [-0.2, -0.15) is 14.0 Å². The Morgan fingerprint density at radius 1 is 1.14 bits per heavy atom. The van der Waals surface area contributed by atoms with E-state index >= 15 is 0 Å². The lowest BCUT2D eigenvalue weighted by molar-refractivity contribution is -0.0523. The standard InChI is InChI=1S/C24H29F2N7O2/c1-14(2)18-6-4-5-7-20(18)33(17-11-9-16(10-12-17)21-29-31-32-30-21)24(34)28-19-13-8-15(3)27-22(19)35-23(25)26/h4-8,13-14,16-17,23H,9-12H2,1-3H3,(H,28,34)(H,29,30,31,32). The zero-order valence-corrected chi connectivity index (χ0v) is 19.9. The fourth-order valence-corrected chi connectivity index (χ4v) is 4.58. The second-order valence-corrected chi connectivity index (χ2v) is 8.97. The van der Waals surface area contributed by atoms with Crippen LogP contribution in [0.4, 0.5) is 25.0 Å². The molecule has 0 unspecified atom stereocenters. The molecule has 1 aliphatic carbocycles. The molecule has 1 aliphatic rings. The molecular weight excluding hydrogens is 456 g/mol. The number of nitrogens with one attached hydrogen (secondary N) is 2. The summed E-state index contributed by atoms with van der Waals surface area (Å²) in [6, 6.07) is 10.4. The molecule has 9 nitrogen and oxygen atoms in total. The van der Waals surface area contributed by atoms with E-state index < -0.39 is 12.6 Å². The maximum atomic E-state index is 13.7. The molecule has 0 bridgehead atoms. The highest BCUT2D eigenvalue weighted by Crippen LogP contribution is 2.38. The summed E-state index contributed by atoms with van der Waals surface area (Å²) in [7, 11) is 0. The third kappa shape index (κ3) is 5.72. The molecule has 0 radical (unpaired) electrons. The molecule has 2 aromatic heterocycles. The number of tetrazole rings is 1. The van der Waals surface area contributed by atoms with Gasteiger partial charge in [0, 0.05) is 23.3 Å². The predicted octanol–water partition coefficient (Wildman–Crippen LogP) is 5.39. The monoisotopic (exact) mass is 485 g/mol. The average Bonchev–Trinajstić information content (AvgIpc) is 3.36. The van der Waals surface area contributed by atoms with Crippen molar-refractivity contribution >= 4 is 17.4 Å². The number of urea groups is 1. The van der Waals surface area contributed by atoms with Gasteiger partial charge in [0.15, 0.2) is 5.82 Å². The molecule has 2 amide bonds. The van der Waals surface area contributed by atoms with Crippen molar-refractivity contribution in [2.45, 2.75) is 70.9 Å². The number of amides is 2. The molecule has 1 aromatic carbocycles. The fourth-order valence-electron chi connectivity index (χ4n) is 4.58. The summed E-state index contributed by atoms with van der Waals surface area (Å²) < 4.78 is 30.5. The van der Waals surface area contributed by atoms with Gasteiger partial charge in [-0.15, -0.1) is 10.2 Å². The lowest BCUT2D eigenvalue weighted by atomic mass is 9.84. The zero-order valence-electron chi connectivity index (χ0n) is 19.9. The van der Waals surface area contributed by atoms with Crippen molar-refractivity contribution < 1.29 is 18.3 Å². The summed E-state index contributed by atoms with van der Waals surface area (Å²) in [6.45, 7) is 2.75. The van der Waals surface area contributed by atoms with E-state index in [0.29, 0.717) is 11.5 Å². The quantitative estimate of drug-likeness (QED) is 0.464. The summed E-state index contributed by atoms with van der Waals surface area (Å²) in [5, 5.41) is 17.2. The number of aromatic amines is 1. The number of rotatable bonds is 7. The van der Waals surface area contributed by atoms with Crippen molar-refractivity contribution in [3.8, 4) is 5.88 Å². The molecule has 0 spiro atoms. The highest BCUT2D eigenvalue weighted by Gasteiger charge is 2.33. The largest absolute Gasteiger partial charge is 0.415 e. The van der Waals surface area contributed by atoms with Crippen LogP contribution in [0, 0.1) is 6.92 Å². The van der Waals surface area contributed by atoms with Gasteiger partial charge in [0.2, 0.25) is 5.88 Å². The minimum absolute atomic E-state index is 0.0911. The van der Waals surface area contributed by atoms with Crippen molar-refractivity contribution in [3.05, 3.63) is 53.5 Å². The van der Waals surface area contributed by atoms with Crippen molar-refractivity contribution in [2.24, 2.45) is 0 Å². The number of pyridine rings is 1. The van der Waals surface area contributed by atoms with E-state index in [-0.39, 0.29) is 29.4 Å². The molecule has 2 N–H and O–H groups in total. The fraction of sp³-hybridized carbons (Fsp3) is 0.458. The second kappa shape index (κ2) is 10.7. The summed E-state index contributed by atoms with van der Waals surface area (Å²) in [6.07, 6.45) is 3.05. The van der Waals surface area contributed by atoms with Crippen LogP contribution in [0.15, 0.2) is 36.4 Å². The van der Waals surface area contributed by atoms with Gasteiger partial charge < -0.3 is 10.1 Å². The van der Waals surface area contributed by atoms with E-state index in [0.717, 1.165) is 36.9 Å². The molecule has 186 valence electrons. The number of para-hydroxylation sites is 1.